The number of benzene rings is 2. The minimum Gasteiger partial charge on any atom is -0.507 e. The van der Waals surface area contributed by atoms with Crippen molar-refractivity contribution in [2.24, 2.45) is 11.8 Å². The highest BCUT2D eigenvalue weighted by Crippen LogP contribution is 2.26. The van der Waals surface area contributed by atoms with Gasteiger partial charge in [-0.1, -0.05) is 142 Å². The van der Waals surface area contributed by atoms with Gasteiger partial charge in [0.25, 0.3) is 11.8 Å². The first-order valence-corrected chi connectivity index (χ1v) is 20.0. The van der Waals surface area contributed by atoms with Crippen molar-refractivity contribution in [3.05, 3.63) is 58.7 Å². The second-order valence-corrected chi connectivity index (χ2v) is 14.2. The SMILES string of the molecule is CCCCCCCCc1cccc(C(=O)NNC(=O)C(C)CC(CCCCCC)C(=O)NNC(=O)c2cccc(CCCCCCCC)c2O)c1O. The zero-order valence-corrected chi connectivity index (χ0v) is 32.3. The van der Waals surface area contributed by atoms with E-state index in [1.165, 1.54) is 50.7 Å². The molecule has 0 radical (unpaired) electrons. The van der Waals surface area contributed by atoms with Gasteiger partial charge in [0.05, 0.1) is 11.1 Å². The lowest BCUT2D eigenvalue weighted by atomic mass is 9.90. The maximum Gasteiger partial charge on any atom is 0.273 e. The smallest absolute Gasteiger partial charge is 0.273 e. The molecule has 0 aliphatic carbocycles. The van der Waals surface area contributed by atoms with Gasteiger partial charge in [0.15, 0.2) is 0 Å². The number of carbonyl (C=O) groups excluding carboxylic acids is 4. The molecule has 0 aliphatic heterocycles. The van der Waals surface area contributed by atoms with Crippen molar-refractivity contribution in [1.29, 1.82) is 0 Å². The number of nitrogens with one attached hydrogen (secondary N) is 4. The second-order valence-electron chi connectivity index (χ2n) is 14.2. The highest BCUT2D eigenvalue weighted by atomic mass is 16.3. The molecular weight excluding hydrogens is 656 g/mol. The van der Waals surface area contributed by atoms with E-state index in [9.17, 15) is 29.4 Å². The molecule has 0 saturated carbocycles. The molecule has 0 spiro atoms. The van der Waals surface area contributed by atoms with Crippen LogP contribution in [0.15, 0.2) is 36.4 Å². The number of para-hydroxylation sites is 2. The minimum atomic E-state index is -0.645. The summed E-state index contributed by atoms with van der Waals surface area (Å²) in [5.74, 6) is -3.53. The Morgan fingerprint density at radius 3 is 1.40 bits per heavy atom. The first-order valence-electron chi connectivity index (χ1n) is 20.0. The fourth-order valence-electron chi connectivity index (χ4n) is 6.45. The number of hydrogen-bond donors (Lipinski definition) is 6. The Kier molecular flexibility index (Phi) is 21.9. The van der Waals surface area contributed by atoms with Crippen molar-refractivity contribution in [3.63, 3.8) is 0 Å². The molecule has 0 heterocycles. The molecule has 2 aromatic carbocycles. The summed E-state index contributed by atoms with van der Waals surface area (Å²) < 4.78 is 0. The van der Waals surface area contributed by atoms with Crippen LogP contribution in [-0.2, 0) is 22.4 Å². The van der Waals surface area contributed by atoms with Gasteiger partial charge in [-0.15, -0.1) is 0 Å². The van der Waals surface area contributed by atoms with Crippen LogP contribution >= 0.6 is 0 Å². The van der Waals surface area contributed by atoms with E-state index in [2.05, 4.69) is 42.5 Å². The number of phenols is 2. The lowest BCUT2D eigenvalue weighted by molar-refractivity contribution is -0.129. The summed E-state index contributed by atoms with van der Waals surface area (Å²) in [6.07, 6.45) is 19.3. The largest absolute Gasteiger partial charge is 0.507 e. The summed E-state index contributed by atoms with van der Waals surface area (Å²) in [7, 11) is 0. The summed E-state index contributed by atoms with van der Waals surface area (Å²) in [5, 5.41) is 21.6. The van der Waals surface area contributed by atoms with Crippen LogP contribution in [0.3, 0.4) is 0 Å². The van der Waals surface area contributed by atoms with Gasteiger partial charge in [0.2, 0.25) is 11.8 Å². The Morgan fingerprint density at radius 2 is 0.942 bits per heavy atom. The second kappa shape index (κ2) is 25.8. The highest BCUT2D eigenvalue weighted by Gasteiger charge is 2.26. The molecule has 0 fully saturated rings. The maximum absolute atomic E-state index is 13.3. The van der Waals surface area contributed by atoms with Crippen LogP contribution in [-0.4, -0.2) is 33.8 Å². The van der Waals surface area contributed by atoms with Crippen molar-refractivity contribution in [3.8, 4) is 11.5 Å². The van der Waals surface area contributed by atoms with Crippen molar-refractivity contribution in [1.82, 2.24) is 21.7 Å². The Bertz CT molecular complexity index is 1380. The highest BCUT2D eigenvalue weighted by molar-refractivity contribution is 5.99. The van der Waals surface area contributed by atoms with Crippen molar-refractivity contribution < 1.29 is 29.4 Å². The molecule has 0 saturated heterocycles. The van der Waals surface area contributed by atoms with Gasteiger partial charge in [-0.2, -0.15) is 0 Å². The molecule has 4 amide bonds. The van der Waals surface area contributed by atoms with Gasteiger partial charge in [-0.3, -0.25) is 40.9 Å². The van der Waals surface area contributed by atoms with Crippen LogP contribution in [0.2, 0.25) is 0 Å². The fraction of sp³-hybridized carbons (Fsp3) is 0.619. The van der Waals surface area contributed by atoms with E-state index in [0.717, 1.165) is 64.2 Å². The van der Waals surface area contributed by atoms with Crippen LogP contribution in [0.25, 0.3) is 0 Å². The molecule has 2 unspecified atom stereocenters. The van der Waals surface area contributed by atoms with E-state index < -0.39 is 35.5 Å². The third-order valence-corrected chi connectivity index (χ3v) is 9.79. The molecule has 10 heteroatoms. The van der Waals surface area contributed by atoms with E-state index in [0.29, 0.717) is 30.4 Å². The van der Waals surface area contributed by atoms with Gasteiger partial charge >= 0.3 is 0 Å². The normalized spacial score (nSPS) is 12.2. The zero-order valence-electron chi connectivity index (χ0n) is 32.3. The standard InChI is InChI=1S/C42H66N4O6/c1-5-8-11-14-16-19-23-32-26-21-28-35(37(32)47)41(51)45-43-39(49)31(4)30-34(25-18-13-10-7-3)40(50)44-46-42(52)36-29-22-27-33(38(36)48)24-20-17-15-12-9-6-2/h21-22,26-29,31,34,47-48H,5-20,23-25,30H2,1-4H3,(H,43,49)(H,44,50)(H,45,51)(H,46,52). The third kappa shape index (κ3) is 16.1. The van der Waals surface area contributed by atoms with Crippen LogP contribution < -0.4 is 21.7 Å². The van der Waals surface area contributed by atoms with Crippen LogP contribution in [0, 0.1) is 11.8 Å². The molecule has 0 aliphatic rings. The number of hydrogen-bond acceptors (Lipinski definition) is 6. The molecular formula is C42H66N4O6. The molecule has 10 nitrogen and oxygen atoms in total. The Morgan fingerprint density at radius 1 is 0.538 bits per heavy atom. The van der Waals surface area contributed by atoms with E-state index in [1.54, 1.807) is 19.1 Å². The molecule has 2 rings (SSSR count). The topological polar surface area (TPSA) is 157 Å². The van der Waals surface area contributed by atoms with Crippen molar-refractivity contribution in [2.45, 2.75) is 156 Å². The summed E-state index contributed by atoms with van der Waals surface area (Å²) in [6, 6.07) is 10.1. The van der Waals surface area contributed by atoms with Crippen LogP contribution in [0.4, 0.5) is 0 Å². The Hall–Kier alpha value is -4.08. The monoisotopic (exact) mass is 722 g/mol. The van der Waals surface area contributed by atoms with Crippen molar-refractivity contribution >= 4 is 23.6 Å². The van der Waals surface area contributed by atoms with E-state index in [-0.39, 0.29) is 29.0 Å². The first kappa shape index (κ1) is 44.1. The number of aromatic hydroxyl groups is 2. The summed E-state index contributed by atoms with van der Waals surface area (Å²) in [5.41, 5.74) is 11.4. The number of phenolic OH excluding ortho intramolecular Hbond substituents is 2. The van der Waals surface area contributed by atoms with Crippen LogP contribution in [0.1, 0.15) is 175 Å². The van der Waals surface area contributed by atoms with Gasteiger partial charge in [-0.05, 0) is 61.8 Å². The fourth-order valence-corrected chi connectivity index (χ4v) is 6.45. The number of aryl methyl sites for hydroxylation is 2. The zero-order chi connectivity index (χ0) is 38.1. The molecule has 6 N–H and O–H groups in total. The summed E-state index contributed by atoms with van der Waals surface area (Å²) >= 11 is 0. The summed E-state index contributed by atoms with van der Waals surface area (Å²) in [6.45, 7) is 8.14. The van der Waals surface area contributed by atoms with Gasteiger partial charge < -0.3 is 10.2 Å². The molecule has 52 heavy (non-hydrogen) atoms. The third-order valence-electron chi connectivity index (χ3n) is 9.79. The number of carbonyl (C=O) groups is 4. The van der Waals surface area contributed by atoms with E-state index in [4.69, 9.17) is 0 Å². The van der Waals surface area contributed by atoms with Gasteiger partial charge in [0.1, 0.15) is 11.5 Å². The lowest BCUT2D eigenvalue weighted by Gasteiger charge is -2.21. The van der Waals surface area contributed by atoms with E-state index >= 15 is 0 Å². The molecule has 290 valence electrons. The average Bonchev–Trinajstić information content (AvgIpc) is 3.14. The first-order chi connectivity index (χ1) is 25.1. The van der Waals surface area contributed by atoms with E-state index in [1.807, 2.05) is 12.1 Å². The molecule has 2 aromatic rings. The predicted molar refractivity (Wildman–Crippen MR) is 208 cm³/mol. The molecule has 2 atom stereocenters. The summed E-state index contributed by atoms with van der Waals surface area (Å²) in [4.78, 5) is 52.4. The van der Waals surface area contributed by atoms with Gasteiger partial charge in [-0.25, -0.2) is 0 Å². The predicted octanol–water partition coefficient (Wildman–Crippen LogP) is 8.74. The lowest BCUT2D eigenvalue weighted by Crippen LogP contribution is -2.47. The van der Waals surface area contributed by atoms with Gasteiger partial charge in [0, 0.05) is 11.8 Å². The number of rotatable bonds is 25. The molecule has 0 aromatic heterocycles. The number of unbranched alkanes of at least 4 members (excludes halogenated alkanes) is 13. The number of hydrazine groups is 2. The minimum absolute atomic E-state index is 0.0795. The maximum atomic E-state index is 13.3. The number of amides is 4. The van der Waals surface area contributed by atoms with Crippen LogP contribution in [0.5, 0.6) is 11.5 Å². The molecule has 0 bridgehead atoms. The Labute approximate surface area is 312 Å². The average molecular weight is 723 g/mol. The quantitative estimate of drug-likeness (QED) is 0.0445. The Balaban J connectivity index is 1.95. The van der Waals surface area contributed by atoms with Crippen molar-refractivity contribution in [2.75, 3.05) is 0 Å².